The lowest BCUT2D eigenvalue weighted by Gasteiger charge is -2.07. The van der Waals surface area contributed by atoms with Crippen LogP contribution in [0.25, 0.3) is 0 Å². The van der Waals surface area contributed by atoms with E-state index in [2.05, 4.69) is 24.2 Å². The lowest BCUT2D eigenvalue weighted by Crippen LogP contribution is -2.11. The van der Waals surface area contributed by atoms with Gasteiger partial charge in [0.05, 0.1) is 5.69 Å². The number of benzene rings is 1. The predicted molar refractivity (Wildman–Crippen MR) is 99.1 cm³/mol. The van der Waals surface area contributed by atoms with Crippen molar-refractivity contribution in [1.29, 1.82) is 0 Å². The standard InChI is InChI=1S/C16H21N3S2/c1-4-7-15(20)12(3)13(17)10-21-16(18)19-14-9-6-5-8-11(14)2/h4-9,20H,1,10,17H2,2-3H3,(H2,18,19)/b13-12-,15-7+. The number of rotatable bonds is 5. The number of aliphatic imine (C=N–C) groups is 1. The van der Waals surface area contributed by atoms with Gasteiger partial charge in [0.1, 0.15) is 0 Å². The number of aryl methyl sites for hydroxylation is 1. The van der Waals surface area contributed by atoms with E-state index in [-0.39, 0.29) is 0 Å². The highest BCUT2D eigenvalue weighted by atomic mass is 32.2. The average molecular weight is 319 g/mol. The molecule has 0 bridgehead atoms. The van der Waals surface area contributed by atoms with Crippen molar-refractivity contribution in [2.24, 2.45) is 16.5 Å². The summed E-state index contributed by atoms with van der Waals surface area (Å²) in [6.07, 6.45) is 3.49. The molecule has 0 saturated carbocycles. The minimum absolute atomic E-state index is 0.494. The Morgan fingerprint density at radius 3 is 2.67 bits per heavy atom. The fourth-order valence-electron chi connectivity index (χ4n) is 1.50. The van der Waals surface area contributed by atoms with Crippen LogP contribution in [0.1, 0.15) is 12.5 Å². The maximum atomic E-state index is 6.04. The second-order valence-electron chi connectivity index (χ2n) is 4.46. The summed E-state index contributed by atoms with van der Waals surface area (Å²) in [6.45, 7) is 7.56. The number of hydrogen-bond donors (Lipinski definition) is 3. The summed E-state index contributed by atoms with van der Waals surface area (Å²) < 4.78 is 0. The van der Waals surface area contributed by atoms with Crippen LogP contribution in [-0.2, 0) is 0 Å². The second-order valence-corrected chi connectivity index (χ2v) is 5.94. The van der Waals surface area contributed by atoms with E-state index in [0.717, 1.165) is 27.4 Å². The van der Waals surface area contributed by atoms with Crippen LogP contribution < -0.4 is 11.5 Å². The van der Waals surface area contributed by atoms with Gasteiger partial charge in [-0.1, -0.05) is 42.6 Å². The van der Waals surface area contributed by atoms with Crippen LogP contribution in [0.2, 0.25) is 0 Å². The summed E-state index contributed by atoms with van der Waals surface area (Å²) in [5.41, 5.74) is 15.6. The van der Waals surface area contributed by atoms with Gasteiger partial charge in [0.15, 0.2) is 5.17 Å². The molecule has 0 fully saturated rings. The fraction of sp³-hybridized carbons (Fsp3) is 0.188. The monoisotopic (exact) mass is 319 g/mol. The van der Waals surface area contributed by atoms with E-state index in [0.29, 0.717) is 10.9 Å². The molecule has 0 spiro atoms. The molecule has 0 aliphatic carbocycles. The van der Waals surface area contributed by atoms with E-state index in [1.54, 1.807) is 12.2 Å². The molecule has 1 aromatic carbocycles. The number of thioether (sulfide) groups is 1. The molecule has 4 N–H and O–H groups in total. The summed E-state index contributed by atoms with van der Waals surface area (Å²) >= 11 is 5.77. The first-order valence-corrected chi connectivity index (χ1v) is 7.88. The summed E-state index contributed by atoms with van der Waals surface area (Å²) in [5.74, 6) is 0.572. The number of nitrogens with two attached hydrogens (primary N) is 2. The SMILES string of the molecule is C=C/C=C(S)\C(C)=C(/N)CSC(N)=Nc1ccccc1C. The van der Waals surface area contributed by atoms with Crippen molar-refractivity contribution in [2.75, 3.05) is 5.75 Å². The van der Waals surface area contributed by atoms with Crippen LogP contribution in [0.15, 0.2) is 64.2 Å². The Morgan fingerprint density at radius 2 is 2.05 bits per heavy atom. The fourth-order valence-corrected chi connectivity index (χ4v) is 2.43. The van der Waals surface area contributed by atoms with Crippen molar-refractivity contribution < 1.29 is 0 Å². The predicted octanol–water partition coefficient (Wildman–Crippen LogP) is 3.91. The maximum absolute atomic E-state index is 6.04. The molecule has 0 aromatic heterocycles. The molecule has 3 nitrogen and oxygen atoms in total. The number of para-hydroxylation sites is 1. The van der Waals surface area contributed by atoms with Gasteiger partial charge in [-0.2, -0.15) is 0 Å². The molecule has 0 aliphatic rings. The molecule has 0 heterocycles. The molecule has 0 aliphatic heterocycles. The number of allylic oxidation sites excluding steroid dienone is 3. The Kier molecular flexibility index (Phi) is 7.19. The van der Waals surface area contributed by atoms with Crippen LogP contribution in [0.3, 0.4) is 0 Å². The van der Waals surface area contributed by atoms with E-state index >= 15 is 0 Å². The molecule has 0 atom stereocenters. The number of amidine groups is 1. The Labute approximate surface area is 136 Å². The number of nitrogens with zero attached hydrogens (tertiary/aromatic N) is 1. The van der Waals surface area contributed by atoms with Crippen molar-refractivity contribution in [2.45, 2.75) is 13.8 Å². The van der Waals surface area contributed by atoms with Crippen molar-refractivity contribution in [1.82, 2.24) is 0 Å². The molecule has 0 radical (unpaired) electrons. The first-order chi connectivity index (χ1) is 9.95. The third-order valence-electron chi connectivity index (χ3n) is 2.86. The van der Waals surface area contributed by atoms with Crippen LogP contribution >= 0.6 is 24.4 Å². The van der Waals surface area contributed by atoms with Crippen molar-refractivity contribution in [3.63, 3.8) is 0 Å². The highest BCUT2D eigenvalue weighted by molar-refractivity contribution is 8.13. The first kappa shape index (κ1) is 17.5. The largest absolute Gasteiger partial charge is 0.401 e. The van der Waals surface area contributed by atoms with Gasteiger partial charge in [-0.25, -0.2) is 4.99 Å². The first-order valence-electron chi connectivity index (χ1n) is 6.45. The van der Waals surface area contributed by atoms with E-state index < -0.39 is 0 Å². The minimum atomic E-state index is 0.494. The van der Waals surface area contributed by atoms with E-state index in [1.807, 2.05) is 38.1 Å². The Hall–Kier alpha value is -1.59. The molecule has 1 rings (SSSR count). The number of thiol groups is 1. The topological polar surface area (TPSA) is 64.4 Å². The quantitative estimate of drug-likeness (QED) is 0.334. The Bertz CT molecular complexity index is 601. The molecule has 112 valence electrons. The zero-order chi connectivity index (χ0) is 15.8. The lowest BCUT2D eigenvalue weighted by atomic mass is 10.2. The summed E-state index contributed by atoms with van der Waals surface area (Å²) in [4.78, 5) is 5.20. The van der Waals surface area contributed by atoms with Crippen LogP contribution in [-0.4, -0.2) is 10.9 Å². The third-order valence-corrected chi connectivity index (χ3v) is 4.19. The molecule has 0 unspecified atom stereocenters. The lowest BCUT2D eigenvalue weighted by molar-refractivity contribution is 1.25. The van der Waals surface area contributed by atoms with E-state index in [9.17, 15) is 0 Å². The smallest absolute Gasteiger partial charge is 0.159 e. The Morgan fingerprint density at radius 1 is 1.38 bits per heavy atom. The summed E-state index contributed by atoms with van der Waals surface area (Å²) in [7, 11) is 0. The van der Waals surface area contributed by atoms with E-state index in [4.69, 9.17) is 11.5 Å². The molecule has 0 amide bonds. The van der Waals surface area contributed by atoms with Crippen LogP contribution in [0.5, 0.6) is 0 Å². The maximum Gasteiger partial charge on any atom is 0.159 e. The summed E-state index contributed by atoms with van der Waals surface area (Å²) in [6, 6.07) is 7.85. The van der Waals surface area contributed by atoms with Crippen molar-refractivity contribution in [3.05, 3.63) is 64.7 Å². The van der Waals surface area contributed by atoms with Crippen LogP contribution in [0, 0.1) is 6.92 Å². The third kappa shape index (κ3) is 5.73. The van der Waals surface area contributed by atoms with E-state index in [1.165, 1.54) is 11.8 Å². The minimum Gasteiger partial charge on any atom is -0.401 e. The number of hydrogen-bond acceptors (Lipinski definition) is 4. The molecule has 5 heteroatoms. The Balaban J connectivity index is 2.75. The van der Waals surface area contributed by atoms with Crippen molar-refractivity contribution >= 4 is 35.2 Å². The van der Waals surface area contributed by atoms with Gasteiger partial charge in [0, 0.05) is 16.4 Å². The summed E-state index contributed by atoms with van der Waals surface area (Å²) in [5, 5.41) is 0.494. The average Bonchev–Trinajstić information content (AvgIpc) is 2.46. The van der Waals surface area contributed by atoms with Gasteiger partial charge in [-0.05, 0) is 37.1 Å². The highest BCUT2D eigenvalue weighted by Gasteiger charge is 2.04. The molecular weight excluding hydrogens is 298 g/mol. The zero-order valence-corrected chi connectivity index (χ0v) is 14.0. The van der Waals surface area contributed by atoms with Gasteiger partial charge in [-0.3, -0.25) is 0 Å². The molecule has 0 saturated heterocycles. The molecule has 1 aromatic rings. The highest BCUT2D eigenvalue weighted by Crippen LogP contribution is 2.21. The van der Waals surface area contributed by atoms with Gasteiger partial charge < -0.3 is 11.5 Å². The second kappa shape index (κ2) is 8.64. The molecular formula is C16H21N3S2. The molecule has 21 heavy (non-hydrogen) atoms. The normalized spacial score (nSPS) is 13.9. The van der Waals surface area contributed by atoms with Gasteiger partial charge in [-0.15, -0.1) is 12.6 Å². The zero-order valence-electron chi connectivity index (χ0n) is 12.3. The van der Waals surface area contributed by atoms with Gasteiger partial charge in [0.25, 0.3) is 0 Å². The van der Waals surface area contributed by atoms with Gasteiger partial charge >= 0.3 is 0 Å². The van der Waals surface area contributed by atoms with Crippen molar-refractivity contribution in [3.8, 4) is 0 Å². The van der Waals surface area contributed by atoms with Crippen LogP contribution in [0.4, 0.5) is 5.69 Å². The van der Waals surface area contributed by atoms with Gasteiger partial charge in [0.2, 0.25) is 0 Å².